The molecule has 5 heteroatoms. The van der Waals surface area contributed by atoms with Crippen LogP contribution in [-0.2, 0) is 4.79 Å². The summed E-state index contributed by atoms with van der Waals surface area (Å²) in [5.74, 6) is 0.0314. The van der Waals surface area contributed by atoms with E-state index >= 15 is 0 Å². The standard InChI is InChI=1S/C12H21N3OS/c1-6-13-12(16)8(3)14-7(2)11-9(4)17-10(5)15-11/h7-8,14H,6H2,1-5H3,(H,13,16). The van der Waals surface area contributed by atoms with Gasteiger partial charge in [-0.15, -0.1) is 11.3 Å². The van der Waals surface area contributed by atoms with Gasteiger partial charge >= 0.3 is 0 Å². The Bertz CT molecular complexity index is 389. The van der Waals surface area contributed by atoms with E-state index in [9.17, 15) is 4.79 Å². The Kier molecular flexibility index (Phi) is 5.08. The van der Waals surface area contributed by atoms with E-state index in [0.29, 0.717) is 6.54 Å². The number of nitrogens with one attached hydrogen (secondary N) is 2. The molecule has 17 heavy (non-hydrogen) atoms. The molecule has 0 aliphatic rings. The molecule has 2 unspecified atom stereocenters. The van der Waals surface area contributed by atoms with Crippen molar-refractivity contribution in [3.8, 4) is 0 Å². The van der Waals surface area contributed by atoms with Crippen molar-refractivity contribution in [2.75, 3.05) is 6.54 Å². The molecule has 0 aliphatic heterocycles. The molecular weight excluding hydrogens is 234 g/mol. The normalized spacial score (nSPS) is 14.4. The highest BCUT2D eigenvalue weighted by molar-refractivity contribution is 7.11. The molecule has 1 amide bonds. The summed E-state index contributed by atoms with van der Waals surface area (Å²) < 4.78 is 0. The largest absolute Gasteiger partial charge is 0.355 e. The molecule has 1 aromatic heterocycles. The average Bonchev–Trinajstić information content (AvgIpc) is 2.58. The minimum Gasteiger partial charge on any atom is -0.355 e. The van der Waals surface area contributed by atoms with E-state index in [1.165, 1.54) is 4.88 Å². The van der Waals surface area contributed by atoms with Crippen LogP contribution in [0.3, 0.4) is 0 Å². The van der Waals surface area contributed by atoms with E-state index in [4.69, 9.17) is 0 Å². The summed E-state index contributed by atoms with van der Waals surface area (Å²) in [6, 6.07) is -0.107. The second-order valence-electron chi connectivity index (χ2n) is 4.18. The SMILES string of the molecule is CCNC(=O)C(C)NC(C)c1nc(C)sc1C. The van der Waals surface area contributed by atoms with Gasteiger partial charge in [-0.05, 0) is 34.6 Å². The van der Waals surface area contributed by atoms with Crippen LogP contribution in [0.1, 0.15) is 42.4 Å². The number of nitrogens with zero attached hydrogens (tertiary/aromatic N) is 1. The summed E-state index contributed by atoms with van der Waals surface area (Å²) in [5.41, 5.74) is 1.05. The van der Waals surface area contributed by atoms with E-state index in [0.717, 1.165) is 10.7 Å². The fourth-order valence-corrected chi connectivity index (χ4v) is 2.72. The Labute approximate surface area is 107 Å². The van der Waals surface area contributed by atoms with Crippen molar-refractivity contribution in [3.63, 3.8) is 0 Å². The number of hydrogen-bond donors (Lipinski definition) is 2. The quantitative estimate of drug-likeness (QED) is 0.845. The summed E-state index contributed by atoms with van der Waals surface area (Å²) >= 11 is 1.69. The third kappa shape index (κ3) is 3.78. The lowest BCUT2D eigenvalue weighted by Gasteiger charge is -2.18. The van der Waals surface area contributed by atoms with Gasteiger partial charge in [0.05, 0.1) is 16.7 Å². The van der Waals surface area contributed by atoms with Crippen LogP contribution in [0.15, 0.2) is 0 Å². The van der Waals surface area contributed by atoms with Gasteiger partial charge in [-0.25, -0.2) is 4.98 Å². The number of thiazole rings is 1. The first-order chi connectivity index (χ1) is 7.95. The van der Waals surface area contributed by atoms with Crippen LogP contribution in [0.2, 0.25) is 0 Å². The summed E-state index contributed by atoms with van der Waals surface area (Å²) in [7, 11) is 0. The van der Waals surface area contributed by atoms with E-state index in [2.05, 4.69) is 22.5 Å². The molecule has 2 N–H and O–H groups in total. The third-order valence-corrected chi connectivity index (χ3v) is 3.50. The van der Waals surface area contributed by atoms with Crippen LogP contribution in [0.25, 0.3) is 0 Å². The minimum absolute atomic E-state index is 0.0314. The van der Waals surface area contributed by atoms with Crippen molar-refractivity contribution in [2.45, 2.75) is 46.7 Å². The molecule has 1 aromatic rings. The van der Waals surface area contributed by atoms with Crippen LogP contribution < -0.4 is 10.6 Å². The molecule has 0 fully saturated rings. The topological polar surface area (TPSA) is 54.0 Å². The van der Waals surface area contributed by atoms with Crippen LogP contribution in [0, 0.1) is 13.8 Å². The van der Waals surface area contributed by atoms with Gasteiger partial charge in [0.1, 0.15) is 0 Å². The van der Waals surface area contributed by atoms with Crippen molar-refractivity contribution in [1.29, 1.82) is 0 Å². The lowest BCUT2D eigenvalue weighted by Crippen LogP contribution is -2.43. The van der Waals surface area contributed by atoms with Crippen LogP contribution in [-0.4, -0.2) is 23.5 Å². The van der Waals surface area contributed by atoms with Gasteiger partial charge in [0.15, 0.2) is 0 Å². The van der Waals surface area contributed by atoms with Gasteiger partial charge in [-0.3, -0.25) is 10.1 Å². The van der Waals surface area contributed by atoms with Gasteiger partial charge in [0.25, 0.3) is 0 Å². The van der Waals surface area contributed by atoms with Crippen LogP contribution in [0.5, 0.6) is 0 Å². The average molecular weight is 255 g/mol. The Morgan fingerprint density at radius 1 is 1.41 bits per heavy atom. The highest BCUT2D eigenvalue weighted by Gasteiger charge is 2.18. The molecule has 0 spiro atoms. The number of carbonyl (C=O) groups excluding carboxylic acids is 1. The molecule has 0 aliphatic carbocycles. The van der Waals surface area contributed by atoms with Crippen LogP contribution >= 0.6 is 11.3 Å². The van der Waals surface area contributed by atoms with Gasteiger partial charge in [0, 0.05) is 17.5 Å². The molecule has 0 bridgehead atoms. The summed E-state index contributed by atoms with van der Waals surface area (Å²) in [5, 5.41) is 7.14. The smallest absolute Gasteiger partial charge is 0.236 e. The number of hydrogen-bond acceptors (Lipinski definition) is 4. The number of aryl methyl sites for hydroxylation is 2. The third-order valence-electron chi connectivity index (χ3n) is 2.59. The van der Waals surface area contributed by atoms with E-state index in [1.807, 2.05) is 27.7 Å². The van der Waals surface area contributed by atoms with E-state index < -0.39 is 0 Å². The Morgan fingerprint density at radius 3 is 2.53 bits per heavy atom. The maximum atomic E-state index is 11.6. The molecule has 0 radical (unpaired) electrons. The number of aromatic nitrogens is 1. The Hall–Kier alpha value is -0.940. The van der Waals surface area contributed by atoms with Gasteiger partial charge < -0.3 is 5.32 Å². The molecule has 96 valence electrons. The summed E-state index contributed by atoms with van der Waals surface area (Å²) in [4.78, 5) is 17.3. The maximum absolute atomic E-state index is 11.6. The molecular formula is C12H21N3OS. The Balaban J connectivity index is 2.63. The fourth-order valence-electron chi connectivity index (χ4n) is 1.80. The number of likely N-dealkylation sites (N-methyl/N-ethyl adjacent to an activating group) is 1. The lowest BCUT2D eigenvalue weighted by atomic mass is 10.2. The first-order valence-electron chi connectivity index (χ1n) is 5.93. The molecule has 2 atom stereocenters. The first kappa shape index (κ1) is 14.1. The van der Waals surface area contributed by atoms with Crippen molar-refractivity contribution in [1.82, 2.24) is 15.6 Å². The minimum atomic E-state index is -0.202. The molecule has 4 nitrogen and oxygen atoms in total. The van der Waals surface area contributed by atoms with E-state index in [1.54, 1.807) is 11.3 Å². The maximum Gasteiger partial charge on any atom is 0.236 e. The fraction of sp³-hybridized carbons (Fsp3) is 0.667. The van der Waals surface area contributed by atoms with Crippen molar-refractivity contribution in [2.24, 2.45) is 0 Å². The zero-order valence-electron chi connectivity index (χ0n) is 11.1. The highest BCUT2D eigenvalue weighted by atomic mass is 32.1. The summed E-state index contributed by atoms with van der Waals surface area (Å²) in [6.45, 7) is 10.6. The summed E-state index contributed by atoms with van der Waals surface area (Å²) in [6.07, 6.45) is 0. The van der Waals surface area contributed by atoms with Crippen molar-refractivity contribution in [3.05, 3.63) is 15.6 Å². The second kappa shape index (κ2) is 6.12. The number of amides is 1. The number of carbonyl (C=O) groups is 1. The zero-order chi connectivity index (χ0) is 13.0. The lowest BCUT2D eigenvalue weighted by molar-refractivity contribution is -0.122. The molecule has 0 saturated carbocycles. The first-order valence-corrected chi connectivity index (χ1v) is 6.75. The molecule has 0 saturated heterocycles. The predicted octanol–water partition coefficient (Wildman–Crippen LogP) is 1.94. The monoisotopic (exact) mass is 255 g/mol. The molecule has 0 aromatic carbocycles. The van der Waals surface area contributed by atoms with Crippen molar-refractivity contribution < 1.29 is 4.79 Å². The highest BCUT2D eigenvalue weighted by Crippen LogP contribution is 2.22. The van der Waals surface area contributed by atoms with E-state index in [-0.39, 0.29) is 18.0 Å². The molecule has 1 heterocycles. The second-order valence-corrected chi connectivity index (χ2v) is 5.59. The van der Waals surface area contributed by atoms with Crippen molar-refractivity contribution >= 4 is 17.2 Å². The van der Waals surface area contributed by atoms with Crippen LogP contribution in [0.4, 0.5) is 0 Å². The predicted molar refractivity (Wildman–Crippen MR) is 71.3 cm³/mol. The van der Waals surface area contributed by atoms with Gasteiger partial charge in [0.2, 0.25) is 5.91 Å². The Morgan fingerprint density at radius 2 is 2.06 bits per heavy atom. The zero-order valence-corrected chi connectivity index (χ0v) is 11.9. The number of rotatable bonds is 5. The molecule has 1 rings (SSSR count). The van der Waals surface area contributed by atoms with Gasteiger partial charge in [-0.1, -0.05) is 0 Å². The van der Waals surface area contributed by atoms with Gasteiger partial charge in [-0.2, -0.15) is 0 Å².